The van der Waals surface area contributed by atoms with Crippen molar-refractivity contribution < 1.29 is 9.18 Å². The van der Waals surface area contributed by atoms with Crippen LogP contribution in [0.2, 0.25) is 5.02 Å². The molecule has 5 nitrogen and oxygen atoms in total. The first kappa shape index (κ1) is 16.0. The molecule has 1 N–H and O–H groups in total. The van der Waals surface area contributed by atoms with E-state index >= 15 is 0 Å². The molecule has 0 bridgehead atoms. The molecule has 0 saturated carbocycles. The number of carbonyl (C=O) groups is 1. The smallest absolute Gasteiger partial charge is 0.255 e. The van der Waals surface area contributed by atoms with E-state index in [1.807, 2.05) is 6.92 Å². The minimum Gasteiger partial charge on any atom is -0.332 e. The fourth-order valence-electron chi connectivity index (χ4n) is 3.39. The molecule has 1 aliphatic heterocycles. The number of hydrogen-bond donors (Lipinski definition) is 1. The number of carbonyl (C=O) groups excluding carboxylic acids is 1. The lowest BCUT2D eigenvalue weighted by molar-refractivity contribution is 0.0735. The Kier molecular flexibility index (Phi) is 3.92. The summed E-state index contributed by atoms with van der Waals surface area (Å²) < 4.78 is 13.8. The number of aromatic nitrogens is 3. The van der Waals surface area contributed by atoms with Crippen LogP contribution in [0.3, 0.4) is 0 Å². The molecule has 1 amide bonds. The van der Waals surface area contributed by atoms with Gasteiger partial charge in [0.05, 0.1) is 22.3 Å². The SMILES string of the molecule is Cc1n[nH]c2ncc(C(=O)N3CCCC3c3ccc(Cl)c(F)c3)cc12. The highest BCUT2D eigenvalue weighted by atomic mass is 35.5. The number of fused-ring (bicyclic) bond motifs is 1. The van der Waals surface area contributed by atoms with Gasteiger partial charge in [-0.05, 0) is 43.5 Å². The van der Waals surface area contributed by atoms with E-state index in [4.69, 9.17) is 11.6 Å². The van der Waals surface area contributed by atoms with Crippen LogP contribution in [0.15, 0.2) is 30.5 Å². The maximum absolute atomic E-state index is 13.8. The number of aryl methyl sites for hydroxylation is 1. The average molecular weight is 359 g/mol. The maximum Gasteiger partial charge on any atom is 0.255 e. The number of hydrogen-bond acceptors (Lipinski definition) is 3. The number of aromatic amines is 1. The Morgan fingerprint density at radius 3 is 3.04 bits per heavy atom. The van der Waals surface area contributed by atoms with Crippen molar-refractivity contribution in [2.75, 3.05) is 6.54 Å². The van der Waals surface area contributed by atoms with E-state index in [1.54, 1.807) is 23.2 Å². The van der Waals surface area contributed by atoms with Crippen LogP contribution in [0.25, 0.3) is 11.0 Å². The molecule has 1 aliphatic rings. The van der Waals surface area contributed by atoms with Crippen LogP contribution in [-0.2, 0) is 0 Å². The van der Waals surface area contributed by atoms with Crippen molar-refractivity contribution in [2.45, 2.75) is 25.8 Å². The van der Waals surface area contributed by atoms with Crippen molar-refractivity contribution >= 4 is 28.5 Å². The molecule has 3 heterocycles. The third kappa shape index (κ3) is 2.76. The highest BCUT2D eigenvalue weighted by Gasteiger charge is 2.31. The van der Waals surface area contributed by atoms with Gasteiger partial charge < -0.3 is 4.90 Å². The van der Waals surface area contributed by atoms with Gasteiger partial charge in [0.25, 0.3) is 5.91 Å². The Morgan fingerprint density at radius 1 is 1.40 bits per heavy atom. The van der Waals surface area contributed by atoms with Gasteiger partial charge in [0.2, 0.25) is 0 Å². The zero-order valence-electron chi connectivity index (χ0n) is 13.6. The molecule has 3 aromatic rings. The molecule has 128 valence electrons. The molecule has 1 atom stereocenters. The summed E-state index contributed by atoms with van der Waals surface area (Å²) in [6.45, 7) is 2.50. The zero-order valence-corrected chi connectivity index (χ0v) is 14.3. The predicted molar refractivity (Wildman–Crippen MR) is 93.0 cm³/mol. The van der Waals surface area contributed by atoms with E-state index in [9.17, 15) is 9.18 Å². The largest absolute Gasteiger partial charge is 0.332 e. The summed E-state index contributed by atoms with van der Waals surface area (Å²) in [5.41, 5.74) is 2.74. The quantitative estimate of drug-likeness (QED) is 0.752. The summed E-state index contributed by atoms with van der Waals surface area (Å²) in [5.74, 6) is -0.566. The van der Waals surface area contributed by atoms with Gasteiger partial charge in [0.1, 0.15) is 5.82 Å². The number of nitrogens with one attached hydrogen (secondary N) is 1. The van der Waals surface area contributed by atoms with Crippen LogP contribution < -0.4 is 0 Å². The lowest BCUT2D eigenvalue weighted by Gasteiger charge is -2.25. The number of nitrogens with zero attached hydrogens (tertiary/aromatic N) is 3. The minimum atomic E-state index is -0.462. The van der Waals surface area contributed by atoms with E-state index in [-0.39, 0.29) is 17.0 Å². The Hall–Kier alpha value is -2.47. The van der Waals surface area contributed by atoms with E-state index in [0.29, 0.717) is 17.8 Å². The van der Waals surface area contributed by atoms with Gasteiger partial charge in [0.15, 0.2) is 5.65 Å². The molecule has 0 aliphatic carbocycles. The molecule has 4 rings (SSSR count). The third-order valence-corrected chi connectivity index (χ3v) is 5.00. The Balaban J connectivity index is 1.67. The molecule has 1 fully saturated rings. The number of rotatable bonds is 2. The number of halogens is 2. The zero-order chi connectivity index (χ0) is 17.6. The Bertz CT molecular complexity index is 971. The molecule has 2 aromatic heterocycles. The van der Waals surface area contributed by atoms with Crippen molar-refractivity contribution in [3.8, 4) is 0 Å². The van der Waals surface area contributed by atoms with E-state index in [0.717, 1.165) is 29.5 Å². The first-order chi connectivity index (χ1) is 12.0. The van der Waals surface area contributed by atoms with E-state index < -0.39 is 5.82 Å². The number of H-pyrrole nitrogens is 1. The van der Waals surface area contributed by atoms with Gasteiger partial charge in [-0.1, -0.05) is 17.7 Å². The van der Waals surface area contributed by atoms with E-state index in [2.05, 4.69) is 15.2 Å². The second-order valence-electron chi connectivity index (χ2n) is 6.26. The second kappa shape index (κ2) is 6.11. The average Bonchev–Trinajstić information content (AvgIpc) is 3.24. The van der Waals surface area contributed by atoms with Gasteiger partial charge >= 0.3 is 0 Å². The molecule has 0 radical (unpaired) electrons. The summed E-state index contributed by atoms with van der Waals surface area (Å²) in [5, 5.41) is 7.86. The summed E-state index contributed by atoms with van der Waals surface area (Å²) in [4.78, 5) is 19.0. The molecular formula is C18H16ClFN4O. The Labute approximate surface area is 148 Å². The Morgan fingerprint density at radius 2 is 2.24 bits per heavy atom. The van der Waals surface area contributed by atoms with E-state index in [1.165, 1.54) is 12.1 Å². The predicted octanol–water partition coefficient (Wildman–Crippen LogP) is 4.04. The van der Waals surface area contributed by atoms with Crippen LogP contribution in [0, 0.1) is 12.7 Å². The molecule has 1 saturated heterocycles. The summed E-state index contributed by atoms with van der Waals surface area (Å²) in [6.07, 6.45) is 3.23. The van der Waals surface area contributed by atoms with Gasteiger partial charge in [-0.25, -0.2) is 9.37 Å². The highest BCUT2D eigenvalue weighted by molar-refractivity contribution is 6.30. The molecule has 0 spiro atoms. The highest BCUT2D eigenvalue weighted by Crippen LogP contribution is 2.34. The second-order valence-corrected chi connectivity index (χ2v) is 6.67. The molecule has 7 heteroatoms. The number of likely N-dealkylation sites (tertiary alicyclic amines) is 1. The summed E-state index contributed by atoms with van der Waals surface area (Å²) in [7, 11) is 0. The first-order valence-corrected chi connectivity index (χ1v) is 8.49. The molecular weight excluding hydrogens is 343 g/mol. The fourth-order valence-corrected chi connectivity index (χ4v) is 3.50. The van der Waals surface area contributed by atoms with Gasteiger partial charge in [-0.3, -0.25) is 9.89 Å². The lowest BCUT2D eigenvalue weighted by atomic mass is 10.0. The molecule has 25 heavy (non-hydrogen) atoms. The molecule has 1 unspecified atom stereocenters. The van der Waals surface area contributed by atoms with Crippen LogP contribution in [0.4, 0.5) is 4.39 Å². The van der Waals surface area contributed by atoms with Crippen molar-refractivity contribution in [2.24, 2.45) is 0 Å². The van der Waals surface area contributed by atoms with Crippen molar-refractivity contribution in [1.29, 1.82) is 0 Å². The lowest BCUT2D eigenvalue weighted by Crippen LogP contribution is -2.30. The summed E-state index contributed by atoms with van der Waals surface area (Å²) in [6, 6.07) is 6.39. The maximum atomic E-state index is 13.8. The van der Waals surface area contributed by atoms with Crippen molar-refractivity contribution in [3.05, 3.63) is 58.1 Å². The summed E-state index contributed by atoms with van der Waals surface area (Å²) >= 11 is 5.77. The standard InChI is InChI=1S/C18H16ClFN4O/c1-10-13-7-12(9-21-17(13)23-22-10)18(25)24-6-2-3-16(24)11-4-5-14(19)15(20)8-11/h4-5,7-9,16H,2-3,6H2,1H3,(H,21,22,23). The van der Waals surface area contributed by atoms with Crippen LogP contribution in [0.1, 0.15) is 40.5 Å². The first-order valence-electron chi connectivity index (χ1n) is 8.11. The minimum absolute atomic E-state index is 0.0877. The van der Waals surface area contributed by atoms with Crippen LogP contribution in [-0.4, -0.2) is 32.5 Å². The number of pyridine rings is 1. The van der Waals surface area contributed by atoms with Crippen LogP contribution in [0.5, 0.6) is 0 Å². The molecule has 1 aromatic carbocycles. The number of benzene rings is 1. The van der Waals surface area contributed by atoms with Gasteiger partial charge in [-0.15, -0.1) is 0 Å². The van der Waals surface area contributed by atoms with Gasteiger partial charge in [-0.2, -0.15) is 5.10 Å². The topological polar surface area (TPSA) is 61.9 Å². The van der Waals surface area contributed by atoms with Crippen molar-refractivity contribution in [3.63, 3.8) is 0 Å². The third-order valence-electron chi connectivity index (χ3n) is 4.70. The fraction of sp³-hybridized carbons (Fsp3) is 0.278. The van der Waals surface area contributed by atoms with Crippen LogP contribution >= 0.6 is 11.6 Å². The van der Waals surface area contributed by atoms with Crippen molar-refractivity contribution in [1.82, 2.24) is 20.1 Å². The monoisotopic (exact) mass is 358 g/mol. The van der Waals surface area contributed by atoms with Gasteiger partial charge in [0, 0.05) is 18.1 Å². The number of amides is 1. The normalized spacial score (nSPS) is 17.4.